The first kappa shape index (κ1) is 57.1. The van der Waals surface area contributed by atoms with Crippen LogP contribution >= 0.6 is 8.60 Å². The fourth-order valence-corrected chi connectivity index (χ4v) is 13.3. The van der Waals surface area contributed by atoms with Crippen LogP contribution in [0.5, 0.6) is 5.75 Å². The molecule has 0 aromatic heterocycles. The first-order valence-corrected chi connectivity index (χ1v) is 26.8. The van der Waals surface area contributed by atoms with Crippen molar-refractivity contribution in [3.8, 4) is 5.75 Å². The highest BCUT2D eigenvalue weighted by atomic mass is 31.2. The van der Waals surface area contributed by atoms with Crippen molar-refractivity contribution >= 4 is 8.60 Å². The molecule has 0 bridgehead atoms. The van der Waals surface area contributed by atoms with Crippen molar-refractivity contribution < 1.29 is 14.3 Å². The minimum absolute atomic E-state index is 0.0444. The molecule has 0 unspecified atom stereocenters. The van der Waals surface area contributed by atoms with Gasteiger partial charge < -0.3 is 14.3 Å². The van der Waals surface area contributed by atoms with Gasteiger partial charge in [0.2, 0.25) is 0 Å². The van der Waals surface area contributed by atoms with E-state index in [9.17, 15) is 9.79 Å². The zero-order valence-corrected chi connectivity index (χ0v) is 47.3. The Balaban J connectivity index is 2.39. The van der Waals surface area contributed by atoms with Gasteiger partial charge in [0.1, 0.15) is 5.75 Å². The van der Waals surface area contributed by atoms with Gasteiger partial charge in [-0.1, -0.05) is 224 Å². The van der Waals surface area contributed by atoms with E-state index in [1.165, 1.54) is 36.8 Å². The maximum atomic E-state index is 9.53. The van der Waals surface area contributed by atoms with Gasteiger partial charge in [-0.05, 0) is 147 Å². The number of rotatable bonds is 21. The molecule has 0 radical (unpaired) electrons. The number of unbranched alkanes of at least 4 members (excludes halogenated alkanes) is 5. The van der Waals surface area contributed by atoms with Crippen LogP contribution in [-0.2, 0) is 28.1 Å². The van der Waals surface area contributed by atoms with Crippen LogP contribution in [-0.4, -0.2) is 9.79 Å². The summed E-state index contributed by atoms with van der Waals surface area (Å²) in [5, 5.41) is 0. The monoisotopic (exact) mass is 913 g/mol. The summed E-state index contributed by atoms with van der Waals surface area (Å²) in [6, 6.07) is 18.3. The Morgan fingerprint density at radius 3 is 1.08 bits per heavy atom. The highest BCUT2D eigenvalue weighted by Crippen LogP contribution is 2.54. The molecule has 0 heterocycles. The van der Waals surface area contributed by atoms with Gasteiger partial charge in [-0.3, -0.25) is 0 Å². The Bertz CT molecular complexity index is 1770. The Morgan fingerprint density at radius 2 is 0.754 bits per heavy atom. The van der Waals surface area contributed by atoms with Crippen LogP contribution in [0.15, 0.2) is 48.5 Å². The van der Waals surface area contributed by atoms with E-state index in [0.29, 0.717) is 5.75 Å². The van der Waals surface area contributed by atoms with Crippen LogP contribution in [0.3, 0.4) is 0 Å². The van der Waals surface area contributed by atoms with Crippen LogP contribution in [0.1, 0.15) is 265 Å². The molecule has 3 rings (SSSR count). The van der Waals surface area contributed by atoms with E-state index in [4.69, 9.17) is 4.52 Å². The van der Waals surface area contributed by atoms with Crippen molar-refractivity contribution in [3.05, 3.63) is 98.6 Å². The molecule has 3 aromatic rings. The summed E-state index contributed by atoms with van der Waals surface area (Å²) in [6.45, 7) is 54.3. The smallest absolute Gasteiger partial charge is 0.391 e. The number of benzene rings is 3. The first-order valence-electron chi connectivity index (χ1n) is 25.6. The summed E-state index contributed by atoms with van der Waals surface area (Å²) >= 11 is 0. The summed E-state index contributed by atoms with van der Waals surface area (Å²) in [5.74, 6) is 0.829. The Hall–Kier alpha value is -2.19. The minimum atomic E-state index is -2.43. The molecule has 368 valence electrons. The molecule has 3 nitrogen and oxygen atoms in total. The number of para-hydroxylation sites is 1. The molecule has 3 aromatic carbocycles. The van der Waals surface area contributed by atoms with Gasteiger partial charge in [0.05, 0.1) is 0 Å². The Kier molecular flexibility index (Phi) is 19.0. The van der Waals surface area contributed by atoms with Gasteiger partial charge in [0.25, 0.3) is 0 Å². The molecule has 65 heavy (non-hydrogen) atoms. The predicted octanol–water partition coefficient (Wildman–Crippen LogP) is 18.9. The lowest BCUT2D eigenvalue weighted by Crippen LogP contribution is -2.34. The molecule has 0 aliphatic heterocycles. The number of aryl methyl sites for hydroxylation is 3. The zero-order chi connectivity index (χ0) is 49.8. The molecule has 0 aliphatic rings. The Morgan fingerprint density at radius 1 is 0.446 bits per heavy atom. The van der Waals surface area contributed by atoms with Crippen molar-refractivity contribution in [1.29, 1.82) is 0 Å². The molecule has 0 atom stereocenters. The SMILES string of the molecule is Cc1cc(C(C)(C)CC(C)(C)C)c(C(CCCCCCCCc2ccccc2OP(O)O)c2c(C(C)(C)CC(C)(C)C)cc(C)cc2C(C)(C)CC(C)(C)C)c(C(C)(C)CC(C)(C)C)c1. The molecule has 0 fully saturated rings. The normalized spacial score (nSPS) is 13.9. The Labute approximate surface area is 404 Å². The molecule has 0 amide bonds. The highest BCUT2D eigenvalue weighted by molar-refractivity contribution is 7.39. The lowest BCUT2D eigenvalue weighted by molar-refractivity contribution is 0.272. The van der Waals surface area contributed by atoms with Crippen molar-refractivity contribution in [2.24, 2.45) is 21.7 Å². The quantitative estimate of drug-likeness (QED) is 0.0827. The molecule has 0 spiro atoms. The van der Waals surface area contributed by atoms with Crippen molar-refractivity contribution in [1.82, 2.24) is 0 Å². The van der Waals surface area contributed by atoms with Gasteiger partial charge in [-0.15, -0.1) is 0 Å². The van der Waals surface area contributed by atoms with Crippen LogP contribution in [0, 0.1) is 35.5 Å². The number of hydrogen-bond donors (Lipinski definition) is 2. The van der Waals surface area contributed by atoms with Gasteiger partial charge in [0.15, 0.2) is 0 Å². The average Bonchev–Trinajstić information content (AvgIpc) is 3.07. The minimum Gasteiger partial charge on any atom is -0.427 e. The molecule has 2 N–H and O–H groups in total. The summed E-state index contributed by atoms with van der Waals surface area (Å²) < 4.78 is 5.35. The van der Waals surface area contributed by atoms with E-state index in [-0.39, 0.29) is 49.2 Å². The van der Waals surface area contributed by atoms with Crippen molar-refractivity contribution in [2.75, 3.05) is 0 Å². The van der Waals surface area contributed by atoms with Crippen LogP contribution < -0.4 is 4.52 Å². The average molecular weight is 913 g/mol. The summed E-state index contributed by atoms with van der Waals surface area (Å²) in [5.41, 5.74) is 13.8. The van der Waals surface area contributed by atoms with E-state index in [0.717, 1.165) is 56.9 Å². The zero-order valence-electron chi connectivity index (χ0n) is 46.4. The summed E-state index contributed by atoms with van der Waals surface area (Å²) in [4.78, 5) is 19.1. The topological polar surface area (TPSA) is 49.7 Å². The lowest BCUT2D eigenvalue weighted by atomic mass is 9.60. The summed E-state index contributed by atoms with van der Waals surface area (Å²) in [7, 11) is -2.43. The molecule has 0 aliphatic carbocycles. The maximum absolute atomic E-state index is 9.53. The molecule has 0 saturated heterocycles. The largest absolute Gasteiger partial charge is 0.427 e. The van der Waals surface area contributed by atoms with E-state index in [2.05, 4.69) is 177 Å². The van der Waals surface area contributed by atoms with Crippen molar-refractivity contribution in [2.45, 2.75) is 257 Å². The van der Waals surface area contributed by atoms with Gasteiger partial charge in [-0.25, -0.2) is 0 Å². The second-order valence-electron chi connectivity index (χ2n) is 28.2. The van der Waals surface area contributed by atoms with Crippen LogP contribution in [0.2, 0.25) is 0 Å². The van der Waals surface area contributed by atoms with E-state index >= 15 is 0 Å². The second kappa shape index (κ2) is 21.6. The molecule has 0 saturated carbocycles. The van der Waals surface area contributed by atoms with E-state index in [1.54, 1.807) is 33.4 Å². The maximum Gasteiger partial charge on any atom is 0.391 e. The predicted molar refractivity (Wildman–Crippen MR) is 287 cm³/mol. The van der Waals surface area contributed by atoms with E-state index in [1.807, 2.05) is 24.3 Å². The fourth-order valence-electron chi connectivity index (χ4n) is 13.0. The highest BCUT2D eigenvalue weighted by Gasteiger charge is 2.42. The van der Waals surface area contributed by atoms with Crippen LogP contribution in [0.25, 0.3) is 0 Å². The fraction of sp³-hybridized carbons (Fsp3) is 0.705. The van der Waals surface area contributed by atoms with Gasteiger partial charge >= 0.3 is 8.60 Å². The molecule has 4 heteroatoms. The lowest BCUT2D eigenvalue weighted by Gasteiger charge is -2.44. The third-order valence-corrected chi connectivity index (χ3v) is 13.9. The first-order chi connectivity index (χ1) is 29.3. The third kappa shape index (κ3) is 17.7. The van der Waals surface area contributed by atoms with Crippen LogP contribution in [0.4, 0.5) is 0 Å². The standard InChI is InChI=1S/C61H101O3P/c1-43-35-47(58(15,16)39-54(3,4)5)52(48(36-43)59(17,18)40-55(6,7)8)46(33-28-26-24-23-25-27-31-45-32-29-30-34-51(45)64-65(62)63)53-49(60(19,20)41-56(9,10)11)37-44(2)38-50(53)61(21,22)42-57(12,13)14/h29-30,32,34-38,46,62-63H,23-28,31,33,39-42H2,1-22H3. The van der Waals surface area contributed by atoms with Gasteiger partial charge in [0, 0.05) is 5.92 Å². The van der Waals surface area contributed by atoms with Crippen molar-refractivity contribution in [3.63, 3.8) is 0 Å². The van der Waals surface area contributed by atoms with Gasteiger partial charge in [-0.2, -0.15) is 0 Å². The molecular formula is C61H101O3P. The number of hydrogen-bond acceptors (Lipinski definition) is 3. The third-order valence-electron chi connectivity index (χ3n) is 13.5. The van der Waals surface area contributed by atoms with E-state index < -0.39 is 8.60 Å². The second-order valence-corrected chi connectivity index (χ2v) is 28.9. The molecular weight excluding hydrogens is 812 g/mol. The summed E-state index contributed by atoms with van der Waals surface area (Å²) in [6.07, 6.45) is 13.4.